The van der Waals surface area contributed by atoms with Crippen molar-refractivity contribution in [1.29, 1.82) is 5.26 Å². The Morgan fingerprint density at radius 1 is 1.73 bits per heavy atom. The van der Waals surface area contributed by atoms with Crippen LogP contribution in [0.1, 0.15) is 19.8 Å². The van der Waals surface area contributed by atoms with Crippen LogP contribution in [0.3, 0.4) is 0 Å². The van der Waals surface area contributed by atoms with Gasteiger partial charge in [0.2, 0.25) is 0 Å². The molecule has 0 saturated heterocycles. The third kappa shape index (κ3) is 6.03. The molecule has 15 heavy (non-hydrogen) atoms. The molecule has 0 aromatic rings. The van der Waals surface area contributed by atoms with Crippen LogP contribution >= 0.6 is 36.6 Å². The van der Waals surface area contributed by atoms with E-state index in [1.54, 1.807) is 0 Å². The number of carboxylic acids is 1. The predicted molar refractivity (Wildman–Crippen MR) is 69.5 cm³/mol. The molecule has 0 aliphatic rings. The van der Waals surface area contributed by atoms with Crippen molar-refractivity contribution in [3.8, 4) is 6.07 Å². The van der Waals surface area contributed by atoms with Gasteiger partial charge in [0.15, 0.2) is 0 Å². The molecule has 0 spiro atoms. The van der Waals surface area contributed by atoms with Gasteiger partial charge in [-0.3, -0.25) is 4.79 Å². The van der Waals surface area contributed by atoms with Crippen LogP contribution in [-0.4, -0.2) is 26.3 Å². The van der Waals surface area contributed by atoms with E-state index in [0.717, 1.165) is 5.75 Å². The average Bonchev–Trinajstić information content (AvgIpc) is 2.17. The van der Waals surface area contributed by atoms with Gasteiger partial charge < -0.3 is 5.11 Å². The molecule has 0 radical (unpaired) electrons. The molecule has 0 aliphatic carbocycles. The lowest BCUT2D eigenvalue weighted by atomic mass is 10.0. The molecule has 0 fully saturated rings. The van der Waals surface area contributed by atoms with Crippen LogP contribution in [0.2, 0.25) is 0 Å². The first-order valence-corrected chi connectivity index (χ1v) is 6.40. The van der Waals surface area contributed by atoms with Gasteiger partial charge in [0.25, 0.3) is 0 Å². The topological polar surface area (TPSA) is 61.1 Å². The van der Waals surface area contributed by atoms with E-state index in [1.165, 1.54) is 11.8 Å². The molecule has 0 heterocycles. The fourth-order valence-electron chi connectivity index (χ4n) is 1.02. The zero-order chi connectivity index (χ0) is 11.8. The van der Waals surface area contributed by atoms with Gasteiger partial charge in [-0.2, -0.15) is 17.9 Å². The lowest BCUT2D eigenvalue weighted by molar-refractivity contribution is -0.137. The monoisotopic (exact) mass is 263 g/mol. The fraction of sp³-hybridized carbons (Fsp3) is 0.667. The maximum atomic E-state index is 10.4. The molecule has 0 aromatic heterocycles. The Morgan fingerprint density at radius 2 is 2.33 bits per heavy atom. The van der Waals surface area contributed by atoms with Crippen molar-refractivity contribution in [1.82, 2.24) is 0 Å². The minimum atomic E-state index is -0.872. The fourth-order valence-corrected chi connectivity index (χ4v) is 2.88. The van der Waals surface area contributed by atoms with Crippen molar-refractivity contribution in [2.45, 2.75) is 25.0 Å². The van der Waals surface area contributed by atoms with Crippen LogP contribution in [-0.2, 0) is 4.79 Å². The molecule has 0 saturated carbocycles. The number of carbonyl (C=O) groups is 1. The van der Waals surface area contributed by atoms with Gasteiger partial charge in [0.05, 0.1) is 15.5 Å². The van der Waals surface area contributed by atoms with Crippen molar-refractivity contribution >= 4 is 46.8 Å². The zero-order valence-electron chi connectivity index (χ0n) is 8.34. The van der Waals surface area contributed by atoms with E-state index < -0.39 is 11.2 Å². The van der Waals surface area contributed by atoms with E-state index >= 15 is 0 Å². The molecule has 0 aromatic carbocycles. The summed E-state index contributed by atoms with van der Waals surface area (Å²) in [7, 11) is 0. The van der Waals surface area contributed by atoms with E-state index in [2.05, 4.69) is 12.6 Å². The van der Waals surface area contributed by atoms with Crippen LogP contribution in [0.25, 0.3) is 0 Å². The number of hydrogen-bond donors (Lipinski definition) is 2. The number of rotatable bonds is 6. The van der Waals surface area contributed by atoms with Crippen LogP contribution in [0.5, 0.6) is 0 Å². The number of carboxylic acid groups (broad SMARTS) is 1. The largest absolute Gasteiger partial charge is 0.481 e. The number of hydrogen-bond acceptors (Lipinski definition) is 5. The molecular formula is C9H13NO2S3. The molecule has 84 valence electrons. The first-order chi connectivity index (χ1) is 7.02. The summed E-state index contributed by atoms with van der Waals surface area (Å²) < 4.78 is 0.681. The summed E-state index contributed by atoms with van der Waals surface area (Å²) in [6, 6.07) is 2.00. The van der Waals surface area contributed by atoms with E-state index in [-0.39, 0.29) is 12.3 Å². The van der Waals surface area contributed by atoms with Gasteiger partial charge in [-0.15, -0.1) is 11.8 Å². The second kappa shape index (κ2) is 7.97. The Labute approximate surface area is 105 Å². The number of thiocarbonyl (C=S) groups is 1. The Balaban J connectivity index is 4.38. The third-order valence-corrected chi connectivity index (χ3v) is 3.78. The molecule has 3 nitrogen and oxygen atoms in total. The highest BCUT2D eigenvalue weighted by molar-refractivity contribution is 8.23. The van der Waals surface area contributed by atoms with Crippen LogP contribution in [0.15, 0.2) is 0 Å². The van der Waals surface area contributed by atoms with Crippen LogP contribution in [0, 0.1) is 17.2 Å². The summed E-state index contributed by atoms with van der Waals surface area (Å²) in [5, 5.41) is 16.8. The summed E-state index contributed by atoms with van der Waals surface area (Å²) in [4.78, 5) is 10.4. The van der Waals surface area contributed by atoms with Gasteiger partial charge >= 0.3 is 5.97 Å². The minimum Gasteiger partial charge on any atom is -0.481 e. The van der Waals surface area contributed by atoms with Gasteiger partial charge in [-0.25, -0.2) is 0 Å². The Kier molecular flexibility index (Phi) is 7.83. The van der Waals surface area contributed by atoms with E-state index in [1.807, 2.05) is 13.0 Å². The van der Waals surface area contributed by atoms with E-state index in [4.69, 9.17) is 22.6 Å². The minimum absolute atomic E-state index is 0.0216. The molecule has 0 bridgehead atoms. The smallest absolute Gasteiger partial charge is 0.303 e. The van der Waals surface area contributed by atoms with Gasteiger partial charge in [0, 0.05) is 12.3 Å². The first-order valence-electron chi connectivity index (χ1n) is 4.49. The number of thiol groups is 1. The second-order valence-electron chi connectivity index (χ2n) is 2.86. The van der Waals surface area contributed by atoms with Crippen molar-refractivity contribution in [2.24, 2.45) is 5.92 Å². The molecular weight excluding hydrogens is 250 g/mol. The van der Waals surface area contributed by atoms with Crippen molar-refractivity contribution in [3.63, 3.8) is 0 Å². The highest BCUT2D eigenvalue weighted by atomic mass is 32.2. The van der Waals surface area contributed by atoms with Crippen molar-refractivity contribution < 1.29 is 9.90 Å². The quantitative estimate of drug-likeness (QED) is 0.569. The van der Waals surface area contributed by atoms with Gasteiger partial charge in [-0.05, 0) is 12.2 Å². The molecule has 1 N–H and O–H groups in total. The zero-order valence-corrected chi connectivity index (χ0v) is 10.9. The SMILES string of the molecule is CCSC(=S)C(CCC(=O)O)C(S)C#N. The van der Waals surface area contributed by atoms with Crippen molar-refractivity contribution in [2.75, 3.05) is 5.75 Å². The molecule has 6 heteroatoms. The average molecular weight is 263 g/mol. The Hall–Kier alpha value is -0.250. The highest BCUT2D eigenvalue weighted by Crippen LogP contribution is 2.24. The van der Waals surface area contributed by atoms with Gasteiger partial charge in [0.1, 0.15) is 0 Å². The maximum Gasteiger partial charge on any atom is 0.303 e. The molecule has 2 atom stereocenters. The second-order valence-corrected chi connectivity index (χ2v) is 5.43. The maximum absolute atomic E-state index is 10.4. The normalized spacial score (nSPS) is 13.9. The summed E-state index contributed by atoms with van der Waals surface area (Å²) in [5.74, 6) is -0.272. The molecule has 0 amide bonds. The first kappa shape index (κ1) is 14.8. The molecule has 0 aliphatic heterocycles. The summed E-state index contributed by atoms with van der Waals surface area (Å²) in [6.07, 6.45) is 0.400. The van der Waals surface area contributed by atoms with Crippen molar-refractivity contribution in [3.05, 3.63) is 0 Å². The number of aliphatic carboxylic acids is 1. The number of thioether (sulfide) groups is 1. The predicted octanol–water partition coefficient (Wildman–Crippen LogP) is 2.37. The summed E-state index contributed by atoms with van der Waals surface area (Å²) in [5.41, 5.74) is 0. The lowest BCUT2D eigenvalue weighted by Gasteiger charge is -2.17. The van der Waals surface area contributed by atoms with Gasteiger partial charge in [-0.1, -0.05) is 19.1 Å². The molecule has 2 unspecified atom stereocenters. The van der Waals surface area contributed by atoms with Crippen LogP contribution in [0.4, 0.5) is 0 Å². The highest BCUT2D eigenvalue weighted by Gasteiger charge is 2.23. The third-order valence-electron chi connectivity index (χ3n) is 1.77. The van der Waals surface area contributed by atoms with Crippen LogP contribution < -0.4 is 0 Å². The molecule has 0 rings (SSSR count). The standard InChI is InChI=1S/C9H13NO2S3/c1-2-15-9(14)6(7(13)5-10)3-4-8(11)12/h6-7,13H,2-4H2,1H3,(H,11,12). The lowest BCUT2D eigenvalue weighted by Crippen LogP contribution is -2.21. The summed E-state index contributed by atoms with van der Waals surface area (Å²) >= 11 is 10.7. The summed E-state index contributed by atoms with van der Waals surface area (Å²) in [6.45, 7) is 1.96. The number of nitriles is 1. The van der Waals surface area contributed by atoms with E-state index in [0.29, 0.717) is 10.6 Å². The Bertz CT molecular complexity index is 275. The number of nitrogens with zero attached hydrogens (tertiary/aromatic N) is 1. The van der Waals surface area contributed by atoms with E-state index in [9.17, 15) is 4.79 Å². The Morgan fingerprint density at radius 3 is 2.73 bits per heavy atom.